The zero-order valence-corrected chi connectivity index (χ0v) is 68.9. The van der Waals surface area contributed by atoms with Gasteiger partial charge in [0.1, 0.15) is 74.0 Å². The minimum Gasteiger partial charge on any atom is -0.387 e. The molecule has 40 heteroatoms. The Bertz CT molecular complexity index is 5320. The summed E-state index contributed by atoms with van der Waals surface area (Å²) in [5, 5.41) is 31.4. The number of fused-ring (bicyclic) bond motifs is 5. The Morgan fingerprint density at radius 3 is 1.20 bits per heavy atom. The number of imidazole rings is 3. The Kier molecular flexibility index (Phi) is 27.3. The predicted octanol–water partition coefficient (Wildman–Crippen LogP) is 11.3. The number of rotatable bonds is 32. The quantitative estimate of drug-likeness (QED) is 0.0143. The van der Waals surface area contributed by atoms with Crippen LogP contribution in [0.3, 0.4) is 0 Å². The van der Waals surface area contributed by atoms with Crippen molar-refractivity contribution in [2.75, 3.05) is 74.6 Å². The third-order valence-electron chi connectivity index (χ3n) is 19.2. The van der Waals surface area contributed by atoms with Gasteiger partial charge in [0.2, 0.25) is 5.28 Å². The van der Waals surface area contributed by atoms with E-state index in [2.05, 4.69) is 45.9 Å². The minimum atomic E-state index is -4.38. The number of nitrogens with one attached hydrogen (secondary N) is 3. The third-order valence-corrected chi connectivity index (χ3v) is 22.9. The Morgan fingerprint density at radius 2 is 0.788 bits per heavy atom. The molecule has 13 atom stereocenters. The Hall–Kier alpha value is -8.59. The molecule has 11 aromatic rings. The van der Waals surface area contributed by atoms with E-state index in [1.165, 1.54) is 10.9 Å². The average Bonchev–Trinajstić information content (AvgIpc) is 1.59. The normalized spacial score (nSPS) is 23.6. The number of anilines is 3. The second-order valence-corrected chi connectivity index (χ2v) is 34.5. The molecular weight excluding hydrogens is 1610 g/mol. The van der Waals surface area contributed by atoms with Crippen molar-refractivity contribution in [3.05, 3.63) is 193 Å². The molecule has 0 spiro atoms. The van der Waals surface area contributed by atoms with Crippen molar-refractivity contribution in [3.8, 4) is 22.8 Å². The van der Waals surface area contributed by atoms with Crippen molar-refractivity contribution >= 4 is 85.3 Å². The number of aliphatic hydroxyl groups excluding tert-OH is 2. The summed E-state index contributed by atoms with van der Waals surface area (Å²) in [6, 6.07) is 48.9. The molecule has 5 aromatic carbocycles. The number of halogens is 1. The first-order chi connectivity index (χ1) is 56.7. The Labute approximate surface area is 683 Å². The molecule has 0 bridgehead atoms. The second kappa shape index (κ2) is 37.6. The Balaban J connectivity index is 0.000000146. The van der Waals surface area contributed by atoms with Gasteiger partial charge in [0.05, 0.1) is 58.6 Å². The van der Waals surface area contributed by atoms with E-state index in [-0.39, 0.29) is 51.3 Å². The molecule has 5 aliphatic rings. The van der Waals surface area contributed by atoms with Gasteiger partial charge in [-0.1, -0.05) is 152 Å². The number of benzene rings is 5. The van der Waals surface area contributed by atoms with Crippen LogP contribution in [-0.2, 0) is 94.3 Å². The van der Waals surface area contributed by atoms with Crippen LogP contribution in [0, 0.1) is 0 Å². The van der Waals surface area contributed by atoms with E-state index in [4.69, 9.17) is 97.3 Å². The van der Waals surface area contributed by atoms with E-state index in [0.29, 0.717) is 82.2 Å². The number of hydrogen-bond donors (Lipinski definition) is 8. The van der Waals surface area contributed by atoms with E-state index < -0.39 is 121 Å². The van der Waals surface area contributed by atoms with Crippen molar-refractivity contribution < 1.29 is 99.5 Å². The molecule has 628 valence electrons. The lowest BCUT2D eigenvalue weighted by molar-refractivity contribution is -0.201. The second-order valence-electron chi connectivity index (χ2n) is 28.8. The fraction of sp³-hybridized carbons (Fsp3) is 0.423. The van der Waals surface area contributed by atoms with Gasteiger partial charge < -0.3 is 102 Å². The van der Waals surface area contributed by atoms with Crippen LogP contribution in [0.4, 0.5) is 17.5 Å². The molecule has 5 aliphatic heterocycles. The van der Waals surface area contributed by atoms with Gasteiger partial charge in [-0.05, 0) is 76.8 Å². The fourth-order valence-corrected chi connectivity index (χ4v) is 16.8. The number of hydrogen-bond acceptors (Lipinski definition) is 30. The van der Waals surface area contributed by atoms with E-state index in [0.717, 1.165) is 27.8 Å². The van der Waals surface area contributed by atoms with Crippen molar-refractivity contribution in [3.63, 3.8) is 0 Å². The van der Waals surface area contributed by atoms with Crippen molar-refractivity contribution in [1.29, 1.82) is 0 Å². The number of aliphatic hydroxyl groups is 2. The van der Waals surface area contributed by atoms with Crippen LogP contribution < -0.4 is 16.0 Å². The highest BCUT2D eigenvalue weighted by atomic mass is 35.5. The molecule has 0 radical (unpaired) electrons. The number of ether oxygens (including phenoxy) is 10. The molecule has 0 saturated carbocycles. The van der Waals surface area contributed by atoms with Gasteiger partial charge in [-0.2, -0.15) is 9.97 Å². The van der Waals surface area contributed by atoms with Gasteiger partial charge >= 0.3 is 22.8 Å². The van der Waals surface area contributed by atoms with Gasteiger partial charge in [0.15, 0.2) is 92.9 Å². The first-order valence-corrected chi connectivity index (χ1v) is 43.9. The zero-order chi connectivity index (χ0) is 82.9. The van der Waals surface area contributed by atoms with E-state index in [1.54, 1.807) is 38.0 Å². The van der Waals surface area contributed by atoms with E-state index in [1.807, 2.05) is 184 Å². The maximum Gasteiger partial charge on any atom is 0.356 e. The molecule has 16 rings (SSSR count). The van der Waals surface area contributed by atoms with Gasteiger partial charge in [-0.25, -0.2) is 34.9 Å². The predicted molar refractivity (Wildman–Crippen MR) is 431 cm³/mol. The van der Waals surface area contributed by atoms with Gasteiger partial charge in [-0.3, -0.25) is 27.4 Å². The number of nitrogens with zero attached hydrogens (tertiary/aromatic N) is 12. The first-order valence-electron chi connectivity index (χ1n) is 38.2. The maximum atomic E-state index is 12.8. The molecule has 118 heavy (non-hydrogen) atoms. The van der Waals surface area contributed by atoms with Gasteiger partial charge in [0.25, 0.3) is 0 Å². The van der Waals surface area contributed by atoms with Gasteiger partial charge in [-0.15, -0.1) is 0 Å². The summed E-state index contributed by atoms with van der Waals surface area (Å²) in [6.07, 6.45) is -5.85. The smallest absolute Gasteiger partial charge is 0.356 e. The molecule has 36 nitrogen and oxygen atoms in total. The minimum absolute atomic E-state index is 0.00942. The summed E-state index contributed by atoms with van der Waals surface area (Å²) in [6.45, 7) is 14.5. The van der Waals surface area contributed by atoms with Crippen molar-refractivity contribution in [2.45, 2.75) is 153 Å². The van der Waals surface area contributed by atoms with Gasteiger partial charge in [0, 0.05) is 30.8 Å². The van der Waals surface area contributed by atoms with Crippen LogP contribution in [0.5, 0.6) is 0 Å². The SMILES string of the molecule is CCOP(=O)(COC[C@H]1O[C@@H](n2cnc3c(NCc4ccccc4)nc(Cl)nc32)[C@@H]2OC(C)(C)O[C@@H]21)OCC.CCOP(=O)(O)COC[C@H]1O[C@@H](n2cnc3c(NCc4ccccc4)nc(-c4ccccc4)nc32)[C@@H]2OC(C)(C)O[C@@H]21.O=P(O)(O)COC[C@H]1O[C@@H](n2cnc3c(NCc4ccccc4)nc(-c4ccccc4)nc32)[C@H](O)[C@@H]1O. The zero-order valence-electron chi connectivity index (χ0n) is 65.4. The largest absolute Gasteiger partial charge is 0.387 e. The summed E-state index contributed by atoms with van der Waals surface area (Å²) in [5.74, 6) is 0.848. The highest BCUT2D eigenvalue weighted by Crippen LogP contribution is 2.50. The van der Waals surface area contributed by atoms with Crippen LogP contribution in [0.2, 0.25) is 5.28 Å². The molecule has 6 aromatic heterocycles. The van der Waals surface area contributed by atoms with Crippen LogP contribution in [0.1, 0.15) is 83.8 Å². The number of aromatic nitrogens is 12. The highest BCUT2D eigenvalue weighted by Gasteiger charge is 2.58. The summed E-state index contributed by atoms with van der Waals surface area (Å²) in [4.78, 5) is 69.5. The standard InChI is InChI=1S/C29H34N5O7P.C25H33ClN5O7P.C24H26N5O7P/c1-4-38-42(35,36)18-37-16-21-23-24(41-29(2,3)40-23)28(39-21)34-17-31-22-26(30-15-19-11-7-5-8-12-19)32-25(33-27(22)34)20-13-9-6-10-14-20;1-5-34-39(32,35-6-2)15-33-13-17-19-20(38-25(3,4)37-19)23(36-17)31-14-28-18-21(29-24(26)30-22(18)31)27-12-16-10-8-7-9-11-16;30-19-17(12-35-14-37(32,33)34)36-24(20(19)31)29-13-26-18-22(25-11-15-7-3-1-4-8-15)27-21(28-23(18)29)16-9-5-2-6-10-16/h5-14,17,21,23-24,28H,4,15-16,18H2,1-3H3,(H,35,36)(H,30,32,33);7-11,14,17,19-20,23H,5-6,12-13,15H2,1-4H3,(H,27,29,30);1-10,13,17,19-20,24,30-31H,11-12,14H2,(H,25,27,28)(H2,32,33,34)/t21-,23-,24-,28-;17-,19-,20-,23-;17-,19-,20-,24-/m111/s1. The summed E-state index contributed by atoms with van der Waals surface area (Å²) in [5.41, 5.74) is 7.87. The molecule has 1 unspecified atom stereocenters. The lowest BCUT2D eigenvalue weighted by Crippen LogP contribution is -2.33. The fourth-order valence-electron chi connectivity index (χ4n) is 14.2. The van der Waals surface area contributed by atoms with Crippen LogP contribution in [0.15, 0.2) is 171 Å². The topological polar surface area (TPSA) is 439 Å². The average molecular weight is 1710 g/mol. The van der Waals surface area contributed by atoms with E-state index in [9.17, 15) is 28.8 Å². The molecule has 0 aliphatic carbocycles. The van der Waals surface area contributed by atoms with Crippen molar-refractivity contribution in [1.82, 2.24) is 58.6 Å². The maximum absolute atomic E-state index is 12.8. The third kappa shape index (κ3) is 20.7. The molecule has 5 saturated heterocycles. The summed E-state index contributed by atoms with van der Waals surface area (Å²) in [7, 11) is -11.6. The summed E-state index contributed by atoms with van der Waals surface area (Å²) >= 11 is 6.32. The molecule has 11 heterocycles. The molecular formula is C78H93ClN15O21P3. The lowest BCUT2D eigenvalue weighted by Gasteiger charge is -2.25. The Morgan fingerprint density at radius 1 is 0.432 bits per heavy atom. The first kappa shape index (κ1) is 85.8. The molecule has 8 N–H and O–H groups in total. The highest BCUT2D eigenvalue weighted by molar-refractivity contribution is 7.53. The monoisotopic (exact) mass is 1700 g/mol. The lowest BCUT2D eigenvalue weighted by atomic mass is 10.1. The molecule has 5 fully saturated rings. The van der Waals surface area contributed by atoms with Crippen molar-refractivity contribution in [2.24, 2.45) is 0 Å². The van der Waals surface area contributed by atoms with Crippen LogP contribution in [0.25, 0.3) is 56.3 Å². The molecule has 0 amide bonds. The van der Waals surface area contributed by atoms with E-state index >= 15 is 0 Å². The summed E-state index contributed by atoms with van der Waals surface area (Å²) < 4.78 is 116. The van der Waals surface area contributed by atoms with Crippen LogP contribution >= 0.6 is 34.4 Å². The van der Waals surface area contributed by atoms with Crippen LogP contribution in [-0.4, -0.2) is 209 Å².